The van der Waals surface area contributed by atoms with E-state index in [9.17, 15) is 5.11 Å². The summed E-state index contributed by atoms with van der Waals surface area (Å²) in [5.41, 5.74) is 1.39. The van der Waals surface area contributed by atoms with Crippen molar-refractivity contribution in [3.63, 3.8) is 0 Å². The van der Waals surface area contributed by atoms with Gasteiger partial charge in [-0.1, -0.05) is 46.3 Å². The van der Waals surface area contributed by atoms with Crippen molar-refractivity contribution < 1.29 is 14.6 Å². The molecule has 1 spiro atoms. The largest absolute Gasteiger partial charge is 0.383 e. The number of hydrogen-bond acceptors (Lipinski definition) is 4. The van der Waals surface area contributed by atoms with Crippen molar-refractivity contribution in [1.82, 2.24) is 4.90 Å². The van der Waals surface area contributed by atoms with Crippen molar-refractivity contribution in [2.24, 2.45) is 5.41 Å². The molecule has 1 heterocycles. The maximum atomic E-state index is 10.6. The quantitative estimate of drug-likeness (QED) is 0.793. The molecule has 4 heteroatoms. The third-order valence-corrected chi connectivity index (χ3v) is 4.84. The van der Waals surface area contributed by atoms with E-state index in [4.69, 9.17) is 9.47 Å². The summed E-state index contributed by atoms with van der Waals surface area (Å²) in [7, 11) is 0. The molecular formula is C18H33NO3. The third kappa shape index (κ3) is 3.91. The van der Waals surface area contributed by atoms with Crippen molar-refractivity contribution in [1.29, 1.82) is 0 Å². The minimum Gasteiger partial charge on any atom is -0.383 e. The Bertz CT molecular complexity index is 402. The van der Waals surface area contributed by atoms with E-state index in [1.165, 1.54) is 5.57 Å². The molecule has 0 saturated carbocycles. The predicted octanol–water partition coefficient (Wildman–Crippen LogP) is 2.96. The van der Waals surface area contributed by atoms with Gasteiger partial charge in [-0.15, -0.1) is 0 Å². The molecule has 2 aliphatic rings. The lowest BCUT2D eigenvalue weighted by molar-refractivity contribution is -0.223. The molecule has 0 aromatic carbocycles. The molecule has 1 N–H and O–H groups in total. The molecule has 0 aromatic rings. The molecule has 3 unspecified atom stereocenters. The molecule has 1 aliphatic heterocycles. The van der Waals surface area contributed by atoms with E-state index >= 15 is 0 Å². The van der Waals surface area contributed by atoms with Crippen molar-refractivity contribution in [3.05, 3.63) is 11.6 Å². The number of allylic oxidation sites excluding steroid dienone is 1. The van der Waals surface area contributed by atoms with Gasteiger partial charge in [-0.2, -0.15) is 0 Å². The number of hydrogen-bond donors (Lipinski definition) is 1. The van der Waals surface area contributed by atoms with Crippen LogP contribution in [0.15, 0.2) is 11.6 Å². The van der Waals surface area contributed by atoms with E-state index in [2.05, 4.69) is 39.5 Å². The Kier molecular flexibility index (Phi) is 5.70. The summed E-state index contributed by atoms with van der Waals surface area (Å²) in [6.07, 6.45) is 4.17. The Hall–Kier alpha value is -0.420. The van der Waals surface area contributed by atoms with E-state index in [-0.39, 0.29) is 11.5 Å². The lowest BCUT2D eigenvalue weighted by Gasteiger charge is -2.38. The second-order valence-corrected chi connectivity index (χ2v) is 7.64. The zero-order valence-corrected chi connectivity index (χ0v) is 14.9. The number of aliphatic hydroxyl groups is 1. The molecule has 1 saturated heterocycles. The molecule has 22 heavy (non-hydrogen) atoms. The molecule has 0 aromatic heterocycles. The lowest BCUT2D eigenvalue weighted by atomic mass is 9.78. The summed E-state index contributed by atoms with van der Waals surface area (Å²) in [6.45, 7) is 14.5. The highest BCUT2D eigenvalue weighted by atomic mass is 16.8. The summed E-state index contributed by atoms with van der Waals surface area (Å²) in [4.78, 5) is 2.39. The van der Waals surface area contributed by atoms with E-state index in [0.717, 1.165) is 38.9 Å². The molecule has 0 bridgehead atoms. The van der Waals surface area contributed by atoms with Crippen LogP contribution in [0.25, 0.3) is 0 Å². The molecule has 3 atom stereocenters. The van der Waals surface area contributed by atoms with Gasteiger partial charge in [0.1, 0.15) is 6.10 Å². The Balaban J connectivity index is 1.99. The normalized spacial score (nSPS) is 32.8. The van der Waals surface area contributed by atoms with Crippen LogP contribution in [0.1, 0.15) is 53.9 Å². The van der Waals surface area contributed by atoms with Crippen LogP contribution >= 0.6 is 0 Å². The van der Waals surface area contributed by atoms with E-state index in [1.54, 1.807) is 0 Å². The van der Waals surface area contributed by atoms with Crippen molar-refractivity contribution in [3.8, 4) is 0 Å². The Morgan fingerprint density at radius 1 is 1.36 bits per heavy atom. The highest BCUT2D eigenvalue weighted by Crippen LogP contribution is 2.42. The molecule has 1 aliphatic carbocycles. The van der Waals surface area contributed by atoms with Gasteiger partial charge in [0.2, 0.25) is 0 Å². The maximum absolute atomic E-state index is 10.6. The summed E-state index contributed by atoms with van der Waals surface area (Å²) in [5, 5.41) is 10.6. The maximum Gasteiger partial charge on any atom is 0.198 e. The van der Waals surface area contributed by atoms with Gasteiger partial charge in [0.05, 0.1) is 12.7 Å². The van der Waals surface area contributed by atoms with Gasteiger partial charge in [-0.25, -0.2) is 0 Å². The zero-order valence-electron chi connectivity index (χ0n) is 14.9. The van der Waals surface area contributed by atoms with E-state index in [1.807, 2.05) is 6.08 Å². The number of rotatable bonds is 5. The second kappa shape index (κ2) is 7.00. The van der Waals surface area contributed by atoms with Gasteiger partial charge in [-0.3, -0.25) is 0 Å². The molecule has 128 valence electrons. The Morgan fingerprint density at radius 2 is 2.09 bits per heavy atom. The SMILES string of the molecule is CCCN(CC)CC1COC2(CCC(C(C)(C)C)=CC2O)O1. The van der Waals surface area contributed by atoms with Gasteiger partial charge >= 0.3 is 0 Å². The fraction of sp³-hybridized carbons (Fsp3) is 0.889. The van der Waals surface area contributed by atoms with E-state index < -0.39 is 11.9 Å². The van der Waals surface area contributed by atoms with Crippen molar-refractivity contribution in [2.75, 3.05) is 26.2 Å². The first-order valence-corrected chi connectivity index (χ1v) is 8.74. The van der Waals surface area contributed by atoms with Gasteiger partial charge in [0.25, 0.3) is 0 Å². The molecule has 0 amide bonds. The number of aliphatic hydroxyl groups excluding tert-OH is 1. The first-order valence-electron chi connectivity index (χ1n) is 8.74. The second-order valence-electron chi connectivity index (χ2n) is 7.64. The highest BCUT2D eigenvalue weighted by Gasteiger charge is 2.49. The number of ether oxygens (including phenoxy) is 2. The van der Waals surface area contributed by atoms with Crippen LogP contribution in [-0.4, -0.2) is 54.2 Å². The fourth-order valence-corrected chi connectivity index (χ4v) is 3.43. The molecular weight excluding hydrogens is 278 g/mol. The average molecular weight is 311 g/mol. The monoisotopic (exact) mass is 311 g/mol. The molecule has 1 fully saturated rings. The molecule has 2 rings (SSSR count). The van der Waals surface area contributed by atoms with Crippen LogP contribution < -0.4 is 0 Å². The van der Waals surface area contributed by atoms with E-state index in [0.29, 0.717) is 6.61 Å². The van der Waals surface area contributed by atoms with Crippen LogP contribution in [-0.2, 0) is 9.47 Å². The van der Waals surface area contributed by atoms with Crippen molar-refractivity contribution >= 4 is 0 Å². The number of nitrogens with zero attached hydrogens (tertiary/aromatic N) is 1. The topological polar surface area (TPSA) is 41.9 Å². The zero-order chi connectivity index (χ0) is 16.4. The van der Waals surface area contributed by atoms with Gasteiger partial charge in [-0.05, 0) is 31.3 Å². The minimum atomic E-state index is -0.814. The Labute approximate surface area is 135 Å². The lowest BCUT2D eigenvalue weighted by Crippen LogP contribution is -2.46. The summed E-state index contributed by atoms with van der Waals surface area (Å²) in [5.74, 6) is -0.814. The standard InChI is InChI=1S/C18H33NO3/c1-6-10-19(7-2)12-15-13-21-18(22-15)9-8-14(11-16(18)20)17(3,4)5/h11,15-16,20H,6-10,12-13H2,1-5H3. The first-order chi connectivity index (χ1) is 10.3. The van der Waals surface area contributed by atoms with Gasteiger partial charge in [0.15, 0.2) is 5.79 Å². The van der Waals surface area contributed by atoms with Crippen LogP contribution in [0.5, 0.6) is 0 Å². The third-order valence-electron chi connectivity index (χ3n) is 4.84. The Morgan fingerprint density at radius 3 is 2.64 bits per heavy atom. The van der Waals surface area contributed by atoms with Crippen LogP contribution in [0, 0.1) is 5.41 Å². The van der Waals surface area contributed by atoms with Gasteiger partial charge in [0, 0.05) is 13.0 Å². The smallest absolute Gasteiger partial charge is 0.198 e. The summed E-state index contributed by atoms with van der Waals surface area (Å²) < 4.78 is 12.1. The molecule has 0 radical (unpaired) electrons. The van der Waals surface area contributed by atoms with Crippen molar-refractivity contribution in [2.45, 2.75) is 71.9 Å². The average Bonchev–Trinajstić information content (AvgIpc) is 2.84. The molecule has 4 nitrogen and oxygen atoms in total. The fourth-order valence-electron chi connectivity index (χ4n) is 3.43. The summed E-state index contributed by atoms with van der Waals surface area (Å²) in [6, 6.07) is 0. The van der Waals surface area contributed by atoms with Crippen LogP contribution in [0.3, 0.4) is 0 Å². The highest BCUT2D eigenvalue weighted by molar-refractivity contribution is 5.19. The summed E-state index contributed by atoms with van der Waals surface area (Å²) >= 11 is 0. The van der Waals surface area contributed by atoms with Crippen LogP contribution in [0.4, 0.5) is 0 Å². The van der Waals surface area contributed by atoms with Gasteiger partial charge < -0.3 is 19.5 Å². The van der Waals surface area contributed by atoms with Crippen LogP contribution in [0.2, 0.25) is 0 Å². The minimum absolute atomic E-state index is 0.0609. The first kappa shape index (κ1) is 17.9. The predicted molar refractivity (Wildman–Crippen MR) is 88.7 cm³/mol. The number of likely N-dealkylation sites (N-methyl/N-ethyl adjacent to an activating group) is 1.